The molecule has 96 valence electrons. The van der Waals surface area contributed by atoms with Crippen LogP contribution in [0.4, 0.5) is 5.82 Å². The van der Waals surface area contributed by atoms with Crippen molar-refractivity contribution in [3.05, 3.63) is 17.0 Å². The van der Waals surface area contributed by atoms with Crippen LogP contribution in [-0.4, -0.2) is 39.3 Å². The third-order valence-electron chi connectivity index (χ3n) is 2.63. The second-order valence-corrected chi connectivity index (χ2v) is 4.82. The summed E-state index contributed by atoms with van der Waals surface area (Å²) in [6.45, 7) is 2.41. The first-order valence-corrected chi connectivity index (χ1v) is 6.49. The number of hydrogen-bond donors (Lipinski definition) is 1. The SMILES string of the molecule is CCCN1C(=O)CC(Nc2cnc(Br)cn2)C1=O. The van der Waals surface area contributed by atoms with Crippen LogP contribution in [0.2, 0.25) is 0 Å². The summed E-state index contributed by atoms with van der Waals surface area (Å²) < 4.78 is 0.620. The highest BCUT2D eigenvalue weighted by molar-refractivity contribution is 9.10. The summed E-state index contributed by atoms with van der Waals surface area (Å²) in [5, 5.41) is 2.93. The van der Waals surface area contributed by atoms with E-state index < -0.39 is 6.04 Å². The Morgan fingerprint density at radius 1 is 1.44 bits per heavy atom. The molecule has 6 nitrogen and oxygen atoms in total. The predicted molar refractivity (Wildman–Crippen MR) is 68.8 cm³/mol. The van der Waals surface area contributed by atoms with Crippen molar-refractivity contribution in [2.24, 2.45) is 0 Å². The van der Waals surface area contributed by atoms with Crippen LogP contribution in [0, 0.1) is 0 Å². The van der Waals surface area contributed by atoms with Gasteiger partial charge in [-0.15, -0.1) is 0 Å². The maximum Gasteiger partial charge on any atom is 0.252 e. The zero-order valence-electron chi connectivity index (χ0n) is 9.89. The van der Waals surface area contributed by atoms with Crippen LogP contribution in [0.25, 0.3) is 0 Å². The number of halogens is 1. The Labute approximate surface area is 113 Å². The Hall–Kier alpha value is -1.50. The van der Waals surface area contributed by atoms with Crippen LogP contribution in [0.1, 0.15) is 19.8 Å². The van der Waals surface area contributed by atoms with Gasteiger partial charge in [0.2, 0.25) is 5.91 Å². The van der Waals surface area contributed by atoms with Crippen LogP contribution in [0.5, 0.6) is 0 Å². The summed E-state index contributed by atoms with van der Waals surface area (Å²) in [5.41, 5.74) is 0. The molecular formula is C11H13BrN4O2. The summed E-state index contributed by atoms with van der Waals surface area (Å²) in [6.07, 6.45) is 4.00. The summed E-state index contributed by atoms with van der Waals surface area (Å²) in [4.78, 5) is 33.0. The fraction of sp³-hybridized carbons (Fsp3) is 0.455. The van der Waals surface area contributed by atoms with Gasteiger partial charge in [-0.1, -0.05) is 6.92 Å². The second-order valence-electron chi connectivity index (χ2n) is 4.01. The first kappa shape index (κ1) is 12.9. The van der Waals surface area contributed by atoms with Gasteiger partial charge in [0.1, 0.15) is 16.5 Å². The van der Waals surface area contributed by atoms with Gasteiger partial charge in [0.15, 0.2) is 0 Å². The molecule has 1 aromatic rings. The first-order chi connectivity index (χ1) is 8.61. The zero-order chi connectivity index (χ0) is 13.1. The predicted octanol–water partition coefficient (Wildman–Crippen LogP) is 1.19. The summed E-state index contributed by atoms with van der Waals surface area (Å²) in [6, 6.07) is -0.528. The second kappa shape index (κ2) is 5.43. The lowest BCUT2D eigenvalue weighted by atomic mass is 10.2. The number of anilines is 1. The van der Waals surface area contributed by atoms with Gasteiger partial charge in [-0.3, -0.25) is 14.5 Å². The van der Waals surface area contributed by atoms with E-state index in [0.29, 0.717) is 17.0 Å². The molecule has 1 atom stereocenters. The average Bonchev–Trinajstić information content (AvgIpc) is 2.60. The fourth-order valence-corrected chi connectivity index (χ4v) is 2.02. The van der Waals surface area contributed by atoms with Gasteiger partial charge < -0.3 is 5.32 Å². The molecule has 1 unspecified atom stereocenters. The monoisotopic (exact) mass is 312 g/mol. The topological polar surface area (TPSA) is 75.2 Å². The Morgan fingerprint density at radius 2 is 2.22 bits per heavy atom. The lowest BCUT2D eigenvalue weighted by Crippen LogP contribution is -2.35. The Balaban J connectivity index is 2.05. The average molecular weight is 313 g/mol. The highest BCUT2D eigenvalue weighted by Gasteiger charge is 2.38. The highest BCUT2D eigenvalue weighted by atomic mass is 79.9. The van der Waals surface area contributed by atoms with Gasteiger partial charge in [-0.25, -0.2) is 9.97 Å². The Morgan fingerprint density at radius 3 is 2.83 bits per heavy atom. The van der Waals surface area contributed by atoms with E-state index in [1.807, 2.05) is 6.92 Å². The minimum atomic E-state index is -0.528. The number of likely N-dealkylation sites (tertiary alicyclic amines) is 1. The molecule has 0 saturated carbocycles. The van der Waals surface area contributed by atoms with E-state index >= 15 is 0 Å². The minimum absolute atomic E-state index is 0.135. The summed E-state index contributed by atoms with van der Waals surface area (Å²) in [7, 11) is 0. The quantitative estimate of drug-likeness (QED) is 0.845. The number of hydrogen-bond acceptors (Lipinski definition) is 5. The van der Waals surface area contributed by atoms with Crippen LogP contribution < -0.4 is 5.32 Å². The normalized spacial score (nSPS) is 19.4. The van der Waals surface area contributed by atoms with Crippen molar-refractivity contribution < 1.29 is 9.59 Å². The van der Waals surface area contributed by atoms with Crippen molar-refractivity contribution in [2.75, 3.05) is 11.9 Å². The van der Waals surface area contributed by atoms with Crippen LogP contribution in [0.15, 0.2) is 17.0 Å². The van der Waals surface area contributed by atoms with Crippen molar-refractivity contribution >= 4 is 33.6 Å². The van der Waals surface area contributed by atoms with Crippen molar-refractivity contribution in [3.63, 3.8) is 0 Å². The maximum atomic E-state index is 12.0. The van der Waals surface area contributed by atoms with Crippen molar-refractivity contribution in [2.45, 2.75) is 25.8 Å². The van der Waals surface area contributed by atoms with Crippen molar-refractivity contribution in [3.8, 4) is 0 Å². The van der Waals surface area contributed by atoms with E-state index in [1.54, 1.807) is 0 Å². The third kappa shape index (κ3) is 2.66. The van der Waals surface area contributed by atoms with Gasteiger partial charge >= 0.3 is 0 Å². The summed E-state index contributed by atoms with van der Waals surface area (Å²) in [5.74, 6) is 0.165. The van der Waals surface area contributed by atoms with Crippen molar-refractivity contribution in [1.82, 2.24) is 14.9 Å². The van der Waals surface area contributed by atoms with E-state index in [0.717, 1.165) is 6.42 Å². The van der Waals surface area contributed by atoms with Crippen LogP contribution in [0.3, 0.4) is 0 Å². The van der Waals surface area contributed by atoms with E-state index in [1.165, 1.54) is 17.3 Å². The number of aromatic nitrogens is 2. The number of nitrogens with zero attached hydrogens (tertiary/aromatic N) is 3. The van der Waals surface area contributed by atoms with Crippen LogP contribution >= 0.6 is 15.9 Å². The smallest absolute Gasteiger partial charge is 0.252 e. The number of rotatable bonds is 4. The van der Waals surface area contributed by atoms with E-state index in [9.17, 15) is 9.59 Å². The first-order valence-electron chi connectivity index (χ1n) is 5.70. The Bertz CT molecular complexity index is 463. The molecule has 1 N–H and O–H groups in total. The van der Waals surface area contributed by atoms with E-state index in [4.69, 9.17) is 0 Å². The molecule has 1 fully saturated rings. The molecule has 2 heterocycles. The Kier molecular flexibility index (Phi) is 3.90. The maximum absolute atomic E-state index is 12.0. The van der Waals surface area contributed by atoms with E-state index in [-0.39, 0.29) is 18.2 Å². The van der Waals surface area contributed by atoms with E-state index in [2.05, 4.69) is 31.2 Å². The lowest BCUT2D eigenvalue weighted by Gasteiger charge is -2.14. The number of amides is 2. The number of carbonyl (C=O) groups is 2. The van der Waals surface area contributed by atoms with Gasteiger partial charge in [-0.2, -0.15) is 0 Å². The summed E-state index contributed by atoms with van der Waals surface area (Å²) >= 11 is 3.18. The molecule has 0 aliphatic carbocycles. The molecule has 2 amide bonds. The molecule has 18 heavy (non-hydrogen) atoms. The molecule has 0 spiro atoms. The number of carbonyl (C=O) groups excluding carboxylic acids is 2. The van der Waals surface area contributed by atoms with Gasteiger partial charge in [0.05, 0.1) is 18.8 Å². The van der Waals surface area contributed by atoms with Gasteiger partial charge in [0.25, 0.3) is 5.91 Å². The molecule has 1 aliphatic heterocycles. The molecule has 0 bridgehead atoms. The molecule has 1 aliphatic rings. The lowest BCUT2D eigenvalue weighted by molar-refractivity contribution is -0.138. The van der Waals surface area contributed by atoms with Gasteiger partial charge in [0, 0.05) is 6.54 Å². The highest BCUT2D eigenvalue weighted by Crippen LogP contribution is 2.17. The molecule has 0 aromatic carbocycles. The standard InChI is InChI=1S/C11H13BrN4O2/c1-2-3-16-10(17)4-7(11(16)18)15-9-6-13-8(12)5-14-9/h5-7H,2-4H2,1H3,(H,14,15). The zero-order valence-corrected chi connectivity index (χ0v) is 11.5. The molecular weight excluding hydrogens is 300 g/mol. The minimum Gasteiger partial charge on any atom is -0.357 e. The largest absolute Gasteiger partial charge is 0.357 e. The third-order valence-corrected chi connectivity index (χ3v) is 3.04. The molecule has 1 saturated heterocycles. The molecule has 2 rings (SSSR count). The fourth-order valence-electron chi connectivity index (χ4n) is 1.82. The molecule has 7 heteroatoms. The number of imide groups is 1. The van der Waals surface area contributed by atoms with Crippen molar-refractivity contribution in [1.29, 1.82) is 0 Å². The number of nitrogens with one attached hydrogen (secondary N) is 1. The van der Waals surface area contributed by atoms with Crippen LogP contribution in [-0.2, 0) is 9.59 Å². The molecule has 0 radical (unpaired) electrons. The van der Waals surface area contributed by atoms with Gasteiger partial charge in [-0.05, 0) is 22.4 Å². The molecule has 1 aromatic heterocycles.